The van der Waals surface area contributed by atoms with Gasteiger partial charge in [-0.15, -0.1) is 0 Å². The highest BCUT2D eigenvalue weighted by molar-refractivity contribution is 5.77. The molecular formula is C18H21NO2. The lowest BCUT2D eigenvalue weighted by atomic mass is 10.1. The van der Waals surface area contributed by atoms with Crippen molar-refractivity contribution in [3.8, 4) is 5.75 Å². The van der Waals surface area contributed by atoms with Gasteiger partial charge in [0.15, 0.2) is 6.61 Å². The van der Waals surface area contributed by atoms with Gasteiger partial charge in [0.2, 0.25) is 0 Å². The van der Waals surface area contributed by atoms with Gasteiger partial charge in [-0.25, -0.2) is 0 Å². The van der Waals surface area contributed by atoms with Gasteiger partial charge >= 0.3 is 0 Å². The summed E-state index contributed by atoms with van der Waals surface area (Å²) in [6.45, 7) is 4.73. The molecule has 0 saturated carbocycles. The first kappa shape index (κ1) is 15.1. The minimum Gasteiger partial charge on any atom is -0.484 e. The van der Waals surface area contributed by atoms with E-state index in [2.05, 4.69) is 13.0 Å². The second-order valence-corrected chi connectivity index (χ2v) is 5.28. The molecule has 0 unspecified atom stereocenters. The van der Waals surface area contributed by atoms with Gasteiger partial charge in [-0.05, 0) is 37.1 Å². The molecule has 3 heteroatoms. The number of rotatable bonds is 5. The van der Waals surface area contributed by atoms with E-state index in [0.29, 0.717) is 6.54 Å². The van der Waals surface area contributed by atoms with E-state index >= 15 is 0 Å². The SMILES string of the molecule is Cc1ccc(OCC(=O)N(C)Cc2ccccc2C)cc1. The lowest BCUT2D eigenvalue weighted by molar-refractivity contribution is -0.132. The first-order valence-corrected chi connectivity index (χ1v) is 7.04. The molecule has 0 N–H and O–H groups in total. The minimum absolute atomic E-state index is 0.0289. The Balaban J connectivity index is 1.88. The normalized spacial score (nSPS) is 10.2. The Hall–Kier alpha value is -2.29. The van der Waals surface area contributed by atoms with Gasteiger partial charge in [0, 0.05) is 13.6 Å². The number of amides is 1. The zero-order valence-corrected chi connectivity index (χ0v) is 12.8. The molecule has 0 aromatic heterocycles. The molecule has 0 atom stereocenters. The van der Waals surface area contributed by atoms with E-state index in [9.17, 15) is 4.79 Å². The lowest BCUT2D eigenvalue weighted by Gasteiger charge is -2.18. The molecule has 2 aromatic rings. The highest BCUT2D eigenvalue weighted by atomic mass is 16.5. The third-order valence-electron chi connectivity index (χ3n) is 3.48. The van der Waals surface area contributed by atoms with Crippen LogP contribution in [0.25, 0.3) is 0 Å². The summed E-state index contributed by atoms with van der Waals surface area (Å²) < 4.78 is 5.52. The van der Waals surface area contributed by atoms with Crippen LogP contribution < -0.4 is 4.74 Å². The number of carbonyl (C=O) groups is 1. The fourth-order valence-corrected chi connectivity index (χ4v) is 2.02. The van der Waals surface area contributed by atoms with Crippen molar-refractivity contribution in [2.75, 3.05) is 13.7 Å². The molecule has 0 aliphatic rings. The van der Waals surface area contributed by atoms with E-state index in [0.717, 1.165) is 11.3 Å². The van der Waals surface area contributed by atoms with Crippen LogP contribution in [0.15, 0.2) is 48.5 Å². The van der Waals surface area contributed by atoms with Crippen LogP contribution in [-0.4, -0.2) is 24.5 Å². The van der Waals surface area contributed by atoms with Crippen molar-refractivity contribution in [3.63, 3.8) is 0 Å². The molecule has 0 saturated heterocycles. The Kier molecular flexibility index (Phi) is 4.99. The van der Waals surface area contributed by atoms with E-state index < -0.39 is 0 Å². The first-order chi connectivity index (χ1) is 10.1. The van der Waals surface area contributed by atoms with Crippen LogP contribution in [-0.2, 0) is 11.3 Å². The van der Waals surface area contributed by atoms with Gasteiger partial charge in [0.1, 0.15) is 5.75 Å². The van der Waals surface area contributed by atoms with Crippen molar-refractivity contribution in [1.82, 2.24) is 4.90 Å². The quantitative estimate of drug-likeness (QED) is 0.842. The maximum Gasteiger partial charge on any atom is 0.260 e. The largest absolute Gasteiger partial charge is 0.484 e. The maximum absolute atomic E-state index is 12.1. The van der Waals surface area contributed by atoms with E-state index in [-0.39, 0.29) is 12.5 Å². The third-order valence-corrected chi connectivity index (χ3v) is 3.48. The molecule has 21 heavy (non-hydrogen) atoms. The Morgan fingerprint density at radius 2 is 1.71 bits per heavy atom. The Bertz CT molecular complexity index is 605. The highest BCUT2D eigenvalue weighted by Crippen LogP contribution is 2.12. The van der Waals surface area contributed by atoms with Crippen LogP contribution in [0.2, 0.25) is 0 Å². The average molecular weight is 283 g/mol. The van der Waals surface area contributed by atoms with Crippen molar-refractivity contribution in [2.45, 2.75) is 20.4 Å². The topological polar surface area (TPSA) is 29.5 Å². The van der Waals surface area contributed by atoms with Crippen LogP contribution in [0.5, 0.6) is 5.75 Å². The van der Waals surface area contributed by atoms with Crippen molar-refractivity contribution < 1.29 is 9.53 Å². The fraction of sp³-hybridized carbons (Fsp3) is 0.278. The van der Waals surface area contributed by atoms with Gasteiger partial charge in [-0.1, -0.05) is 42.0 Å². The van der Waals surface area contributed by atoms with E-state index in [1.165, 1.54) is 11.1 Å². The first-order valence-electron chi connectivity index (χ1n) is 7.04. The standard InChI is InChI=1S/C18H21NO2/c1-14-8-10-17(11-9-14)21-13-18(20)19(3)12-16-7-5-4-6-15(16)2/h4-11H,12-13H2,1-3H3. The third kappa shape index (κ3) is 4.35. The molecule has 2 aromatic carbocycles. The fourth-order valence-electron chi connectivity index (χ4n) is 2.02. The molecule has 2 rings (SSSR count). The number of hydrogen-bond donors (Lipinski definition) is 0. The Morgan fingerprint density at radius 3 is 2.38 bits per heavy atom. The van der Waals surface area contributed by atoms with Gasteiger partial charge in [0.25, 0.3) is 5.91 Å². The summed E-state index contributed by atoms with van der Waals surface area (Å²) in [4.78, 5) is 13.8. The zero-order chi connectivity index (χ0) is 15.2. The van der Waals surface area contributed by atoms with Gasteiger partial charge in [0.05, 0.1) is 0 Å². The summed E-state index contributed by atoms with van der Waals surface area (Å²) in [6.07, 6.45) is 0. The monoisotopic (exact) mass is 283 g/mol. The van der Waals surface area contributed by atoms with Gasteiger partial charge < -0.3 is 9.64 Å². The Morgan fingerprint density at radius 1 is 1.05 bits per heavy atom. The van der Waals surface area contributed by atoms with Crippen molar-refractivity contribution in [1.29, 1.82) is 0 Å². The minimum atomic E-state index is -0.0289. The molecular weight excluding hydrogens is 262 g/mol. The molecule has 3 nitrogen and oxygen atoms in total. The van der Waals surface area contributed by atoms with Crippen LogP contribution in [0.4, 0.5) is 0 Å². The zero-order valence-electron chi connectivity index (χ0n) is 12.8. The number of hydrogen-bond acceptors (Lipinski definition) is 2. The predicted molar refractivity (Wildman–Crippen MR) is 84.3 cm³/mol. The smallest absolute Gasteiger partial charge is 0.260 e. The van der Waals surface area contributed by atoms with Gasteiger partial charge in [-0.3, -0.25) is 4.79 Å². The van der Waals surface area contributed by atoms with E-state index in [1.807, 2.05) is 49.4 Å². The van der Waals surface area contributed by atoms with Crippen molar-refractivity contribution in [2.24, 2.45) is 0 Å². The van der Waals surface area contributed by atoms with E-state index in [1.54, 1.807) is 11.9 Å². The molecule has 0 spiro atoms. The summed E-state index contributed by atoms with van der Waals surface area (Å²) in [5.74, 6) is 0.692. The lowest BCUT2D eigenvalue weighted by Crippen LogP contribution is -2.31. The van der Waals surface area contributed by atoms with E-state index in [4.69, 9.17) is 4.74 Å². The average Bonchev–Trinajstić information content (AvgIpc) is 2.48. The summed E-state index contributed by atoms with van der Waals surface area (Å²) in [6, 6.07) is 15.8. The number of ether oxygens (including phenoxy) is 1. The van der Waals surface area contributed by atoms with Crippen LogP contribution in [0.3, 0.4) is 0 Å². The maximum atomic E-state index is 12.1. The number of benzene rings is 2. The number of aryl methyl sites for hydroxylation is 2. The van der Waals surface area contributed by atoms with Crippen molar-refractivity contribution in [3.05, 3.63) is 65.2 Å². The van der Waals surface area contributed by atoms with Crippen molar-refractivity contribution >= 4 is 5.91 Å². The molecule has 0 aliphatic heterocycles. The molecule has 0 heterocycles. The summed E-state index contributed by atoms with van der Waals surface area (Å²) in [5, 5.41) is 0. The number of nitrogens with zero attached hydrogens (tertiary/aromatic N) is 1. The summed E-state index contributed by atoms with van der Waals surface area (Å²) >= 11 is 0. The summed E-state index contributed by atoms with van der Waals surface area (Å²) in [5.41, 5.74) is 3.52. The molecule has 110 valence electrons. The second kappa shape index (κ2) is 6.93. The van der Waals surface area contributed by atoms with Crippen LogP contribution in [0.1, 0.15) is 16.7 Å². The number of likely N-dealkylation sites (N-methyl/N-ethyl adjacent to an activating group) is 1. The van der Waals surface area contributed by atoms with Crippen LogP contribution >= 0.6 is 0 Å². The number of carbonyl (C=O) groups excluding carboxylic acids is 1. The summed E-state index contributed by atoms with van der Waals surface area (Å²) in [7, 11) is 1.80. The van der Waals surface area contributed by atoms with Crippen LogP contribution in [0, 0.1) is 13.8 Å². The molecule has 1 amide bonds. The molecule has 0 aliphatic carbocycles. The molecule has 0 bridgehead atoms. The molecule has 0 radical (unpaired) electrons. The Labute approximate surface area is 126 Å². The van der Waals surface area contributed by atoms with Gasteiger partial charge in [-0.2, -0.15) is 0 Å². The predicted octanol–water partition coefficient (Wildman–Crippen LogP) is 3.34. The molecule has 0 fully saturated rings. The second-order valence-electron chi connectivity index (χ2n) is 5.28. The highest BCUT2D eigenvalue weighted by Gasteiger charge is 2.11.